The molecular formula is C9H7BF5KS. The summed E-state index contributed by atoms with van der Waals surface area (Å²) in [7, 11) is 0. The van der Waals surface area contributed by atoms with Gasteiger partial charge in [-0.3, -0.25) is 0 Å². The normalized spacial score (nSPS) is 10.9. The van der Waals surface area contributed by atoms with E-state index in [0.717, 1.165) is 12.1 Å². The maximum atomic E-state index is 13.0. The molecule has 0 unspecified atom stereocenters. The largest absolute Gasteiger partial charge is 1.00 e. The Labute approximate surface area is 143 Å². The molecule has 0 radical (unpaired) electrons. The molecular weight excluding hydrogens is 285 g/mol. The summed E-state index contributed by atoms with van der Waals surface area (Å²) in [6.07, 6.45) is 0. The molecule has 17 heavy (non-hydrogen) atoms. The fraction of sp³-hybridized carbons (Fsp3) is 0.111. The number of hydrogen-bond acceptors (Lipinski definition) is 1. The summed E-state index contributed by atoms with van der Waals surface area (Å²) in [5.74, 6) is -2.08. The molecule has 8 heteroatoms. The third-order valence-electron chi connectivity index (χ3n) is 1.77. The molecule has 1 rings (SSSR count). The van der Waals surface area contributed by atoms with Gasteiger partial charge < -0.3 is 12.9 Å². The van der Waals surface area contributed by atoms with E-state index in [1.54, 1.807) is 0 Å². The van der Waals surface area contributed by atoms with Crippen LogP contribution in [-0.2, 0) is 0 Å². The first-order valence-electron chi connectivity index (χ1n) is 4.26. The zero-order valence-corrected chi connectivity index (χ0v) is 13.0. The van der Waals surface area contributed by atoms with Crippen LogP contribution in [0, 0.1) is 11.6 Å². The second-order valence-electron chi connectivity index (χ2n) is 3.10. The minimum absolute atomic E-state index is 0. The van der Waals surface area contributed by atoms with Gasteiger partial charge in [0.2, 0.25) is 0 Å². The van der Waals surface area contributed by atoms with Gasteiger partial charge in [0.25, 0.3) is 0 Å². The Hall–Kier alpha value is 0.661. The Morgan fingerprint density at radius 3 is 2.29 bits per heavy atom. The van der Waals surface area contributed by atoms with Crippen LogP contribution in [0.3, 0.4) is 0 Å². The molecule has 0 heterocycles. The maximum absolute atomic E-state index is 13.0. The second kappa shape index (κ2) is 7.30. The molecule has 0 aromatic heterocycles. The van der Waals surface area contributed by atoms with Crippen LogP contribution in [0.15, 0.2) is 35.1 Å². The van der Waals surface area contributed by atoms with Gasteiger partial charge in [-0.2, -0.15) is 0 Å². The van der Waals surface area contributed by atoms with Gasteiger partial charge >= 0.3 is 58.4 Å². The summed E-state index contributed by atoms with van der Waals surface area (Å²) in [6, 6.07) is 2.72. The van der Waals surface area contributed by atoms with E-state index >= 15 is 0 Å². The van der Waals surface area contributed by atoms with Gasteiger partial charge in [-0.25, -0.2) is 8.78 Å². The zero-order chi connectivity index (χ0) is 12.3. The van der Waals surface area contributed by atoms with E-state index in [1.165, 1.54) is 0 Å². The molecule has 0 aliphatic heterocycles. The van der Waals surface area contributed by atoms with Crippen molar-refractivity contribution >= 4 is 18.7 Å². The van der Waals surface area contributed by atoms with E-state index in [2.05, 4.69) is 6.58 Å². The smallest absolute Gasteiger partial charge is 0.445 e. The quantitative estimate of drug-likeness (QED) is 0.453. The van der Waals surface area contributed by atoms with Crippen molar-refractivity contribution in [2.24, 2.45) is 0 Å². The Bertz CT molecular complexity index is 407. The summed E-state index contributed by atoms with van der Waals surface area (Å²) in [5, 5.41) is 0. The average Bonchev–Trinajstić information content (AvgIpc) is 2.14. The first kappa shape index (κ1) is 17.7. The number of thioether (sulfide) groups is 1. The summed E-state index contributed by atoms with van der Waals surface area (Å²) in [4.78, 5) is -0.0254. The molecule has 0 N–H and O–H groups in total. The first-order valence-corrected chi connectivity index (χ1v) is 5.24. The SMILES string of the molecule is C=C(CSc1ccc(F)cc1F)[B-](F)(F)F.[K+]. The van der Waals surface area contributed by atoms with Crippen LogP contribution < -0.4 is 51.4 Å². The van der Waals surface area contributed by atoms with E-state index < -0.39 is 29.8 Å². The van der Waals surface area contributed by atoms with Crippen LogP contribution in [-0.4, -0.2) is 12.7 Å². The van der Waals surface area contributed by atoms with Crippen molar-refractivity contribution in [3.05, 3.63) is 41.9 Å². The van der Waals surface area contributed by atoms with E-state index in [4.69, 9.17) is 0 Å². The van der Waals surface area contributed by atoms with Crippen molar-refractivity contribution < 1.29 is 73.1 Å². The van der Waals surface area contributed by atoms with Crippen molar-refractivity contribution in [1.29, 1.82) is 0 Å². The maximum Gasteiger partial charge on any atom is 1.00 e. The number of halogens is 5. The zero-order valence-electron chi connectivity index (χ0n) is 9.02. The molecule has 1 aromatic carbocycles. The molecule has 0 nitrogen and oxygen atoms in total. The fourth-order valence-corrected chi connectivity index (χ4v) is 1.75. The monoisotopic (exact) mass is 292 g/mol. The summed E-state index contributed by atoms with van der Waals surface area (Å²) >= 11 is 0.645. The van der Waals surface area contributed by atoms with Crippen molar-refractivity contribution in [3.63, 3.8) is 0 Å². The van der Waals surface area contributed by atoms with E-state index in [-0.39, 0.29) is 56.3 Å². The number of benzene rings is 1. The predicted molar refractivity (Wildman–Crippen MR) is 55.3 cm³/mol. The Morgan fingerprint density at radius 1 is 1.24 bits per heavy atom. The van der Waals surface area contributed by atoms with Crippen LogP contribution in [0.5, 0.6) is 0 Å². The van der Waals surface area contributed by atoms with Gasteiger partial charge in [-0.05, 0) is 17.9 Å². The van der Waals surface area contributed by atoms with Crippen LogP contribution in [0.2, 0.25) is 0 Å². The molecule has 1 aromatic rings. The van der Waals surface area contributed by atoms with Gasteiger partial charge in [0, 0.05) is 11.0 Å². The molecule has 88 valence electrons. The van der Waals surface area contributed by atoms with Crippen LogP contribution in [0.4, 0.5) is 21.7 Å². The number of rotatable bonds is 4. The van der Waals surface area contributed by atoms with Gasteiger partial charge in [0.05, 0.1) is 0 Å². The van der Waals surface area contributed by atoms with E-state index in [9.17, 15) is 21.7 Å². The predicted octanol–water partition coefficient (Wildman–Crippen LogP) is 1.00. The summed E-state index contributed by atoms with van der Waals surface area (Å²) in [5.41, 5.74) is -0.895. The van der Waals surface area contributed by atoms with Crippen molar-refractivity contribution in [1.82, 2.24) is 0 Å². The number of hydrogen-bond donors (Lipinski definition) is 0. The molecule has 0 amide bonds. The van der Waals surface area contributed by atoms with Gasteiger partial charge in [0.1, 0.15) is 11.6 Å². The molecule has 0 aliphatic rings. The fourth-order valence-electron chi connectivity index (χ4n) is 0.857. The second-order valence-corrected chi connectivity index (χ2v) is 4.11. The third kappa shape index (κ3) is 5.89. The standard InChI is InChI=1S/C9H7BF5S.K/c1-6(10(13,14)15)5-16-9-3-2-7(11)4-8(9)12;/h2-4H,1,5H2;/q-1;+1. The summed E-state index contributed by atoms with van der Waals surface area (Å²) < 4.78 is 61.9. The Morgan fingerprint density at radius 2 is 1.82 bits per heavy atom. The van der Waals surface area contributed by atoms with Gasteiger partial charge in [0.15, 0.2) is 0 Å². The Kier molecular flexibility index (Phi) is 7.58. The van der Waals surface area contributed by atoms with Crippen molar-refractivity contribution in [2.45, 2.75) is 4.90 Å². The first-order chi connectivity index (χ1) is 7.30. The third-order valence-corrected chi connectivity index (χ3v) is 2.93. The molecule has 0 fully saturated rings. The minimum Gasteiger partial charge on any atom is -0.445 e. The van der Waals surface area contributed by atoms with Crippen molar-refractivity contribution in [2.75, 3.05) is 5.75 Å². The van der Waals surface area contributed by atoms with Crippen molar-refractivity contribution in [3.8, 4) is 0 Å². The Balaban J connectivity index is 0.00000256. The molecule has 0 atom stereocenters. The average molecular weight is 292 g/mol. The molecule has 0 spiro atoms. The molecule has 0 bridgehead atoms. The molecule has 0 saturated heterocycles. The minimum atomic E-state index is -5.10. The van der Waals surface area contributed by atoms with Crippen LogP contribution in [0.25, 0.3) is 0 Å². The van der Waals surface area contributed by atoms with Crippen LogP contribution in [0.1, 0.15) is 0 Å². The van der Waals surface area contributed by atoms with Gasteiger partial charge in [-0.1, -0.05) is 0 Å². The van der Waals surface area contributed by atoms with Gasteiger partial charge in [-0.15, -0.1) is 23.8 Å². The summed E-state index contributed by atoms with van der Waals surface area (Å²) in [6.45, 7) is -2.23. The van der Waals surface area contributed by atoms with Crippen LogP contribution >= 0.6 is 11.8 Å². The van der Waals surface area contributed by atoms with E-state index in [0.29, 0.717) is 17.8 Å². The molecule has 0 aliphatic carbocycles. The van der Waals surface area contributed by atoms with E-state index in [1.807, 2.05) is 0 Å². The molecule has 0 saturated carbocycles. The topological polar surface area (TPSA) is 0 Å².